The van der Waals surface area contributed by atoms with E-state index in [-0.39, 0.29) is 24.0 Å². The van der Waals surface area contributed by atoms with Crippen molar-refractivity contribution in [3.05, 3.63) is 0 Å². The minimum absolute atomic E-state index is 0.0113. The molecular weight excluding hydrogens is 292 g/mol. The fourth-order valence-corrected chi connectivity index (χ4v) is 3.39. The number of carboxylic acid groups (broad SMARTS) is 1. The Balaban J connectivity index is 2.09. The number of aliphatic carboxylic acids is 1. The lowest BCUT2D eigenvalue weighted by Gasteiger charge is -2.22. The van der Waals surface area contributed by atoms with Crippen molar-refractivity contribution in [3.8, 4) is 0 Å². The maximum atomic E-state index is 10.8. The van der Waals surface area contributed by atoms with Crippen LogP contribution in [0.4, 0.5) is 0 Å². The Labute approximate surface area is 141 Å². The molecule has 0 aromatic carbocycles. The Kier molecular flexibility index (Phi) is 8.56. The second kappa shape index (κ2) is 9.63. The van der Waals surface area contributed by atoms with Gasteiger partial charge in [0.15, 0.2) is 0 Å². The molecule has 0 heterocycles. The second-order valence-electron chi connectivity index (χ2n) is 8.43. The van der Waals surface area contributed by atoms with Gasteiger partial charge in [-0.1, -0.05) is 39.5 Å². The van der Waals surface area contributed by atoms with E-state index in [4.69, 9.17) is 5.11 Å². The third-order valence-electron chi connectivity index (χ3n) is 5.45. The van der Waals surface area contributed by atoms with Crippen LogP contribution < -0.4 is 0 Å². The molecule has 23 heavy (non-hydrogen) atoms. The minimum atomic E-state index is -0.665. The zero-order chi connectivity index (χ0) is 17.3. The zero-order valence-electron chi connectivity index (χ0n) is 15.0. The van der Waals surface area contributed by atoms with Crippen molar-refractivity contribution in [3.63, 3.8) is 0 Å². The van der Waals surface area contributed by atoms with Crippen LogP contribution in [0.5, 0.6) is 0 Å². The lowest BCUT2D eigenvalue weighted by Crippen LogP contribution is -2.16. The number of aliphatic hydroxyl groups is 2. The van der Waals surface area contributed by atoms with Gasteiger partial charge in [-0.05, 0) is 55.3 Å². The van der Waals surface area contributed by atoms with Gasteiger partial charge >= 0.3 is 5.97 Å². The Morgan fingerprint density at radius 1 is 1.09 bits per heavy atom. The van der Waals surface area contributed by atoms with Gasteiger partial charge in [0.25, 0.3) is 0 Å². The molecule has 1 fully saturated rings. The lowest BCUT2D eigenvalue weighted by atomic mass is 9.86. The van der Waals surface area contributed by atoms with Crippen molar-refractivity contribution in [2.45, 2.75) is 84.5 Å². The van der Waals surface area contributed by atoms with Crippen LogP contribution in [-0.4, -0.2) is 34.5 Å². The maximum absolute atomic E-state index is 10.8. The normalized spacial score (nSPS) is 17.9. The van der Waals surface area contributed by atoms with Crippen LogP contribution >= 0.6 is 0 Å². The van der Waals surface area contributed by atoms with Gasteiger partial charge in [-0.3, -0.25) is 4.79 Å². The van der Waals surface area contributed by atoms with Crippen LogP contribution in [0, 0.1) is 16.7 Å². The van der Waals surface area contributed by atoms with Gasteiger partial charge in [0.1, 0.15) is 0 Å². The summed E-state index contributed by atoms with van der Waals surface area (Å²) in [5.41, 5.74) is 0.119. The molecular formula is C19H36O4. The summed E-state index contributed by atoms with van der Waals surface area (Å²) in [6, 6.07) is 0. The molecule has 0 bridgehead atoms. The molecule has 4 heteroatoms. The van der Waals surface area contributed by atoms with E-state index >= 15 is 0 Å². The predicted octanol–water partition coefficient (Wildman–Crippen LogP) is 3.99. The third kappa shape index (κ3) is 8.71. The summed E-state index contributed by atoms with van der Waals surface area (Å²) in [7, 11) is 0. The highest BCUT2D eigenvalue weighted by molar-refractivity contribution is 5.68. The molecule has 1 aliphatic carbocycles. The summed E-state index contributed by atoms with van der Waals surface area (Å²) < 4.78 is 0. The van der Waals surface area contributed by atoms with Crippen LogP contribution in [0.25, 0.3) is 0 Å². The first kappa shape index (κ1) is 20.4. The summed E-state index contributed by atoms with van der Waals surface area (Å²) in [6.07, 6.45) is 11.0. The number of rotatable bonds is 14. The zero-order valence-corrected chi connectivity index (χ0v) is 15.0. The topological polar surface area (TPSA) is 77.8 Å². The summed E-state index contributed by atoms with van der Waals surface area (Å²) in [4.78, 5) is 10.8. The van der Waals surface area contributed by atoms with E-state index in [1.54, 1.807) is 0 Å². The summed E-state index contributed by atoms with van der Waals surface area (Å²) >= 11 is 0. The molecule has 1 rings (SSSR count). The SMILES string of the molecule is CC(C)(CO)CCCCC(CO)CCCCC1(CC(=O)O)CC1. The number of carbonyl (C=O) groups is 1. The molecule has 0 radical (unpaired) electrons. The Morgan fingerprint density at radius 2 is 1.70 bits per heavy atom. The molecule has 0 saturated heterocycles. The van der Waals surface area contributed by atoms with E-state index in [0.717, 1.165) is 64.2 Å². The van der Waals surface area contributed by atoms with Crippen molar-refractivity contribution in [1.82, 2.24) is 0 Å². The molecule has 1 atom stereocenters. The van der Waals surface area contributed by atoms with Gasteiger partial charge in [0.05, 0.1) is 6.42 Å². The molecule has 0 aromatic heterocycles. The summed E-state index contributed by atoms with van der Waals surface area (Å²) in [5, 5.41) is 27.7. The Hall–Kier alpha value is -0.610. The molecule has 0 spiro atoms. The molecule has 3 N–H and O–H groups in total. The number of carboxylic acids is 1. The molecule has 1 unspecified atom stereocenters. The second-order valence-corrected chi connectivity index (χ2v) is 8.43. The van der Waals surface area contributed by atoms with Crippen molar-refractivity contribution < 1.29 is 20.1 Å². The maximum Gasteiger partial charge on any atom is 0.303 e. The van der Waals surface area contributed by atoms with Crippen LogP contribution in [0.1, 0.15) is 84.5 Å². The Morgan fingerprint density at radius 3 is 2.17 bits per heavy atom. The highest BCUT2D eigenvalue weighted by Crippen LogP contribution is 2.52. The fourth-order valence-electron chi connectivity index (χ4n) is 3.39. The van der Waals surface area contributed by atoms with Gasteiger partial charge in [-0.25, -0.2) is 0 Å². The van der Waals surface area contributed by atoms with Gasteiger partial charge in [-0.15, -0.1) is 0 Å². The van der Waals surface area contributed by atoms with E-state index in [1.165, 1.54) is 0 Å². The van der Waals surface area contributed by atoms with E-state index in [0.29, 0.717) is 12.3 Å². The van der Waals surface area contributed by atoms with Crippen LogP contribution in [-0.2, 0) is 4.79 Å². The van der Waals surface area contributed by atoms with Crippen LogP contribution in [0.15, 0.2) is 0 Å². The molecule has 1 saturated carbocycles. The lowest BCUT2D eigenvalue weighted by molar-refractivity contribution is -0.138. The molecule has 4 nitrogen and oxygen atoms in total. The first-order valence-electron chi connectivity index (χ1n) is 9.26. The molecule has 1 aliphatic rings. The first-order chi connectivity index (χ1) is 10.8. The van der Waals surface area contributed by atoms with Crippen molar-refractivity contribution in [1.29, 1.82) is 0 Å². The van der Waals surface area contributed by atoms with Gasteiger partial charge in [0.2, 0.25) is 0 Å². The summed E-state index contributed by atoms with van der Waals surface area (Å²) in [5.74, 6) is -0.289. The highest BCUT2D eigenvalue weighted by Gasteiger charge is 2.43. The number of hydrogen-bond acceptors (Lipinski definition) is 3. The highest BCUT2D eigenvalue weighted by atomic mass is 16.4. The monoisotopic (exact) mass is 328 g/mol. The average molecular weight is 328 g/mol. The predicted molar refractivity (Wildman–Crippen MR) is 92.3 cm³/mol. The number of hydrogen-bond donors (Lipinski definition) is 3. The van der Waals surface area contributed by atoms with Crippen molar-refractivity contribution in [2.75, 3.05) is 13.2 Å². The van der Waals surface area contributed by atoms with Crippen molar-refractivity contribution in [2.24, 2.45) is 16.7 Å². The molecule has 0 amide bonds. The summed E-state index contributed by atoms with van der Waals surface area (Å²) in [6.45, 7) is 4.65. The van der Waals surface area contributed by atoms with Gasteiger partial charge in [0, 0.05) is 13.2 Å². The van der Waals surface area contributed by atoms with E-state index in [1.807, 2.05) is 0 Å². The third-order valence-corrected chi connectivity index (χ3v) is 5.45. The standard InChI is InChI=1S/C19H36O4/c1-18(2,15-21)9-5-3-7-16(14-20)8-4-6-10-19(11-12-19)13-17(22)23/h16,20-21H,3-15H2,1-2H3,(H,22,23). The van der Waals surface area contributed by atoms with Crippen molar-refractivity contribution >= 4 is 5.97 Å². The number of unbranched alkanes of at least 4 members (excludes halogenated alkanes) is 2. The van der Waals surface area contributed by atoms with E-state index in [2.05, 4.69) is 13.8 Å². The molecule has 0 aromatic rings. The smallest absolute Gasteiger partial charge is 0.303 e. The van der Waals surface area contributed by atoms with E-state index < -0.39 is 5.97 Å². The van der Waals surface area contributed by atoms with Gasteiger partial charge < -0.3 is 15.3 Å². The fraction of sp³-hybridized carbons (Fsp3) is 0.947. The Bertz CT molecular complexity index is 347. The molecule has 0 aliphatic heterocycles. The van der Waals surface area contributed by atoms with Gasteiger partial charge in [-0.2, -0.15) is 0 Å². The number of aliphatic hydroxyl groups excluding tert-OH is 2. The van der Waals surface area contributed by atoms with E-state index in [9.17, 15) is 15.0 Å². The minimum Gasteiger partial charge on any atom is -0.481 e. The quantitative estimate of drug-likeness (QED) is 0.421. The van der Waals surface area contributed by atoms with Crippen LogP contribution in [0.2, 0.25) is 0 Å². The average Bonchev–Trinajstić information content (AvgIpc) is 3.24. The molecule has 136 valence electrons. The van der Waals surface area contributed by atoms with Crippen LogP contribution in [0.3, 0.4) is 0 Å². The first-order valence-corrected chi connectivity index (χ1v) is 9.26. The largest absolute Gasteiger partial charge is 0.481 e.